The van der Waals surface area contributed by atoms with Crippen molar-refractivity contribution in [3.05, 3.63) is 0 Å². The van der Waals surface area contributed by atoms with E-state index in [-0.39, 0.29) is 0 Å². The monoisotopic (exact) mass is 109 g/mol. The van der Waals surface area contributed by atoms with Gasteiger partial charge in [0.15, 0.2) is 0 Å². The van der Waals surface area contributed by atoms with Crippen molar-refractivity contribution in [3.8, 4) is 0 Å². The van der Waals surface area contributed by atoms with Crippen LogP contribution in [0.2, 0.25) is 0 Å². The van der Waals surface area contributed by atoms with Gasteiger partial charge in [-0.1, -0.05) is 0 Å². The van der Waals surface area contributed by atoms with Crippen LogP contribution in [0.15, 0.2) is 0 Å². The Morgan fingerprint density at radius 1 is 2.00 bits per heavy atom. The standard InChI is InChI=1S/CH3NOS2/c2-1(3)5-4/h4H,(H2,2,3). The molecule has 30 valence electrons. The van der Waals surface area contributed by atoms with Gasteiger partial charge in [0.1, 0.15) is 0 Å². The largest absolute Gasteiger partial charge is 0.360 e. The summed E-state index contributed by atoms with van der Waals surface area (Å²) in [6, 6.07) is 0. The summed E-state index contributed by atoms with van der Waals surface area (Å²) in [5.74, 6) is 0. The molecular formula is CH3NOS2. The molecular weight excluding hydrogens is 106 g/mol. The van der Waals surface area contributed by atoms with Crippen LogP contribution in [0.25, 0.3) is 0 Å². The van der Waals surface area contributed by atoms with Gasteiger partial charge in [-0.15, -0.1) is 11.7 Å². The summed E-state index contributed by atoms with van der Waals surface area (Å²) in [6.45, 7) is 0. The van der Waals surface area contributed by atoms with Gasteiger partial charge in [-0.3, -0.25) is 4.79 Å². The Bertz CT molecular complexity index is 44.9. The highest BCUT2D eigenvalue weighted by Crippen LogP contribution is 2.00. The van der Waals surface area contributed by atoms with E-state index < -0.39 is 5.24 Å². The van der Waals surface area contributed by atoms with Crippen molar-refractivity contribution in [1.82, 2.24) is 0 Å². The van der Waals surface area contributed by atoms with Crippen molar-refractivity contribution < 1.29 is 4.79 Å². The van der Waals surface area contributed by atoms with Crippen molar-refractivity contribution in [2.45, 2.75) is 0 Å². The molecule has 0 saturated carbocycles. The smallest absolute Gasteiger partial charge is 0.286 e. The molecule has 0 heterocycles. The molecule has 5 heavy (non-hydrogen) atoms. The van der Waals surface area contributed by atoms with E-state index >= 15 is 0 Å². The second-order valence-electron chi connectivity index (χ2n) is 0.410. The molecule has 0 aliphatic heterocycles. The van der Waals surface area contributed by atoms with Gasteiger partial charge in [0.2, 0.25) is 0 Å². The van der Waals surface area contributed by atoms with Gasteiger partial charge < -0.3 is 5.73 Å². The molecule has 2 nitrogen and oxygen atoms in total. The molecule has 0 unspecified atom stereocenters. The lowest BCUT2D eigenvalue weighted by molar-refractivity contribution is 0.267. The number of primary amides is 1. The number of amides is 1. The Morgan fingerprint density at radius 2 is 2.20 bits per heavy atom. The molecule has 0 saturated heterocycles. The first-order valence-corrected chi connectivity index (χ1v) is 2.75. The third-order valence-corrected chi connectivity index (χ3v) is 0.810. The number of carbonyl (C=O) groups excluding carboxylic acids is 1. The molecule has 0 spiro atoms. The molecule has 0 fully saturated rings. The minimum Gasteiger partial charge on any atom is -0.360 e. The summed E-state index contributed by atoms with van der Waals surface area (Å²) in [7, 11) is 0.713. The average Bonchev–Trinajstić information content (AvgIpc) is 1.38. The van der Waals surface area contributed by atoms with E-state index in [0.29, 0.717) is 10.8 Å². The maximum absolute atomic E-state index is 9.48. The third-order valence-electron chi connectivity index (χ3n) is 0.0900. The Balaban J connectivity index is 2.85. The highest BCUT2D eigenvalue weighted by atomic mass is 33.1. The van der Waals surface area contributed by atoms with Crippen LogP contribution in [-0.4, -0.2) is 5.24 Å². The van der Waals surface area contributed by atoms with Crippen LogP contribution < -0.4 is 5.73 Å². The van der Waals surface area contributed by atoms with Gasteiger partial charge in [-0.2, -0.15) is 0 Å². The average molecular weight is 109 g/mol. The van der Waals surface area contributed by atoms with Crippen molar-refractivity contribution in [1.29, 1.82) is 0 Å². The van der Waals surface area contributed by atoms with E-state index in [1.165, 1.54) is 0 Å². The Kier molecular flexibility index (Phi) is 2.49. The second-order valence-corrected chi connectivity index (χ2v) is 1.54. The van der Waals surface area contributed by atoms with E-state index in [9.17, 15) is 4.79 Å². The van der Waals surface area contributed by atoms with Crippen LogP contribution >= 0.6 is 22.5 Å². The zero-order chi connectivity index (χ0) is 4.28. The van der Waals surface area contributed by atoms with Crippen molar-refractivity contribution in [3.63, 3.8) is 0 Å². The van der Waals surface area contributed by atoms with Gasteiger partial charge in [-0.25, -0.2) is 0 Å². The highest BCUT2D eigenvalue weighted by molar-refractivity contribution is 8.74. The summed E-state index contributed by atoms with van der Waals surface area (Å²) in [4.78, 5) is 9.48. The Morgan fingerprint density at radius 3 is 2.20 bits per heavy atom. The van der Waals surface area contributed by atoms with Gasteiger partial charge in [-0.05, 0) is 0 Å². The lowest BCUT2D eigenvalue weighted by Crippen LogP contribution is -1.97. The Hall–Kier alpha value is 0.170. The lowest BCUT2D eigenvalue weighted by Gasteiger charge is -1.71. The van der Waals surface area contributed by atoms with Crippen LogP contribution in [0, 0.1) is 0 Å². The summed E-state index contributed by atoms with van der Waals surface area (Å²) in [6.07, 6.45) is 0. The topological polar surface area (TPSA) is 43.1 Å². The summed E-state index contributed by atoms with van der Waals surface area (Å²) in [5, 5.41) is -0.465. The molecule has 0 aromatic rings. The summed E-state index contributed by atoms with van der Waals surface area (Å²) in [5.41, 5.74) is 4.54. The molecule has 0 rings (SSSR count). The minimum atomic E-state index is -0.465. The van der Waals surface area contributed by atoms with Crippen molar-refractivity contribution >= 4 is 27.7 Å². The first-order chi connectivity index (χ1) is 2.27. The van der Waals surface area contributed by atoms with Crippen molar-refractivity contribution in [2.75, 3.05) is 0 Å². The van der Waals surface area contributed by atoms with Crippen LogP contribution in [0.3, 0.4) is 0 Å². The molecule has 0 radical (unpaired) electrons. The van der Waals surface area contributed by atoms with Crippen LogP contribution in [0.4, 0.5) is 4.79 Å². The third kappa shape index (κ3) is 4.17. The fourth-order valence-corrected chi connectivity index (χ4v) is 0. The minimum absolute atomic E-state index is 0.465. The maximum Gasteiger partial charge on any atom is 0.286 e. The second kappa shape index (κ2) is 2.41. The number of nitrogens with two attached hydrogens (primary N) is 1. The number of hydrogen-bond acceptors (Lipinski definition) is 3. The number of thiol groups is 1. The molecule has 0 aromatic carbocycles. The van der Waals surface area contributed by atoms with Gasteiger partial charge in [0.05, 0.1) is 0 Å². The number of hydrogen-bond donors (Lipinski definition) is 2. The zero-order valence-electron chi connectivity index (χ0n) is 2.34. The van der Waals surface area contributed by atoms with Crippen LogP contribution in [0.5, 0.6) is 0 Å². The van der Waals surface area contributed by atoms with E-state index in [1.54, 1.807) is 0 Å². The molecule has 0 aliphatic carbocycles. The normalized spacial score (nSPS) is 7.40. The van der Waals surface area contributed by atoms with E-state index in [4.69, 9.17) is 0 Å². The molecule has 4 heteroatoms. The first-order valence-electron chi connectivity index (χ1n) is 0.879. The number of carbonyl (C=O) groups is 1. The molecule has 2 N–H and O–H groups in total. The fraction of sp³-hybridized carbons (Fsp3) is 0. The lowest BCUT2D eigenvalue weighted by atomic mass is 11.5. The molecule has 0 atom stereocenters. The predicted molar refractivity (Wildman–Crippen MR) is 26.2 cm³/mol. The van der Waals surface area contributed by atoms with E-state index in [2.05, 4.69) is 17.4 Å². The van der Waals surface area contributed by atoms with E-state index in [1.807, 2.05) is 0 Å². The highest BCUT2D eigenvalue weighted by Gasteiger charge is 1.79. The van der Waals surface area contributed by atoms with Gasteiger partial charge >= 0.3 is 0 Å². The van der Waals surface area contributed by atoms with Crippen LogP contribution in [0.1, 0.15) is 0 Å². The van der Waals surface area contributed by atoms with Gasteiger partial charge in [0, 0.05) is 10.8 Å². The zero-order valence-corrected chi connectivity index (χ0v) is 4.05. The first kappa shape index (κ1) is 5.17. The molecule has 1 amide bonds. The molecule has 0 aliphatic rings. The molecule has 0 aromatic heterocycles. The SMILES string of the molecule is NC(=O)SS. The maximum atomic E-state index is 9.48. The summed E-state index contributed by atoms with van der Waals surface area (Å²) >= 11 is 3.46. The quantitative estimate of drug-likeness (QED) is 0.354. The summed E-state index contributed by atoms with van der Waals surface area (Å²) < 4.78 is 0. The predicted octanol–water partition coefficient (Wildman–Crippen LogP) is 0.643. The van der Waals surface area contributed by atoms with Gasteiger partial charge in [0.25, 0.3) is 5.24 Å². The van der Waals surface area contributed by atoms with E-state index in [0.717, 1.165) is 0 Å². The van der Waals surface area contributed by atoms with Crippen LogP contribution in [-0.2, 0) is 0 Å². The molecule has 0 bridgehead atoms. The number of rotatable bonds is 0. The fourth-order valence-electron chi connectivity index (χ4n) is 0. The van der Waals surface area contributed by atoms with Crippen molar-refractivity contribution in [2.24, 2.45) is 5.73 Å². The Labute approximate surface area is 38.9 Å².